The third-order valence-electron chi connectivity index (χ3n) is 3.51. The van der Waals surface area contributed by atoms with E-state index in [1.165, 1.54) is 0 Å². The summed E-state index contributed by atoms with van der Waals surface area (Å²) >= 11 is 0. The van der Waals surface area contributed by atoms with Gasteiger partial charge in [0.15, 0.2) is 0 Å². The first-order chi connectivity index (χ1) is 9.60. The molecule has 1 aromatic carbocycles. The van der Waals surface area contributed by atoms with Crippen LogP contribution in [0.1, 0.15) is 28.8 Å². The smallest absolute Gasteiger partial charge is 0.335 e. The van der Waals surface area contributed by atoms with Gasteiger partial charge in [0.05, 0.1) is 18.8 Å². The topological polar surface area (TPSA) is 59.0 Å². The Kier molecular flexibility index (Phi) is 4.98. The number of carboxylic acid groups (broad SMARTS) is 1. The van der Waals surface area contributed by atoms with Gasteiger partial charge in [-0.05, 0) is 38.1 Å². The maximum absolute atomic E-state index is 11.0. The molecule has 1 saturated heterocycles. The molecule has 1 unspecified atom stereocenters. The lowest BCUT2D eigenvalue weighted by Crippen LogP contribution is -2.28. The molecule has 0 radical (unpaired) electrons. The van der Waals surface area contributed by atoms with Crippen molar-refractivity contribution in [2.24, 2.45) is 0 Å². The molecule has 1 N–H and O–H groups in total. The zero-order valence-electron chi connectivity index (χ0n) is 12.0. The standard InChI is InChI=1S/C15H21NO4/c1-16(10-13-4-3-7-20-13)9-12-8-11(15(17)18)5-6-14(12)19-2/h5-6,8,13H,3-4,7,9-10H2,1-2H3,(H,17,18). The Morgan fingerprint density at radius 3 is 2.95 bits per heavy atom. The average molecular weight is 279 g/mol. The Labute approximate surface area is 119 Å². The van der Waals surface area contributed by atoms with Crippen LogP contribution in [-0.4, -0.2) is 49.4 Å². The number of rotatable bonds is 6. The van der Waals surface area contributed by atoms with E-state index in [1.54, 1.807) is 25.3 Å². The monoisotopic (exact) mass is 279 g/mol. The van der Waals surface area contributed by atoms with Crippen LogP contribution < -0.4 is 4.74 Å². The van der Waals surface area contributed by atoms with Gasteiger partial charge in [0.25, 0.3) is 0 Å². The summed E-state index contributed by atoms with van der Waals surface area (Å²) in [6.45, 7) is 2.33. The van der Waals surface area contributed by atoms with Gasteiger partial charge < -0.3 is 14.6 Å². The van der Waals surface area contributed by atoms with Crippen LogP contribution in [0.15, 0.2) is 18.2 Å². The summed E-state index contributed by atoms with van der Waals surface area (Å²) in [4.78, 5) is 13.2. The van der Waals surface area contributed by atoms with Gasteiger partial charge in [-0.3, -0.25) is 4.90 Å². The van der Waals surface area contributed by atoms with Crippen molar-refractivity contribution in [1.82, 2.24) is 4.90 Å². The molecule has 1 atom stereocenters. The fourth-order valence-electron chi connectivity index (χ4n) is 2.53. The Morgan fingerprint density at radius 1 is 1.55 bits per heavy atom. The molecular weight excluding hydrogens is 258 g/mol. The zero-order chi connectivity index (χ0) is 14.5. The van der Waals surface area contributed by atoms with Crippen LogP contribution in [0.4, 0.5) is 0 Å². The highest BCUT2D eigenvalue weighted by atomic mass is 16.5. The second-order valence-corrected chi connectivity index (χ2v) is 5.16. The van der Waals surface area contributed by atoms with Crippen LogP contribution in [0, 0.1) is 0 Å². The van der Waals surface area contributed by atoms with Crippen LogP contribution in [0.25, 0.3) is 0 Å². The molecule has 5 nitrogen and oxygen atoms in total. The van der Waals surface area contributed by atoms with Crippen molar-refractivity contribution in [3.05, 3.63) is 29.3 Å². The predicted octanol–water partition coefficient (Wildman–Crippen LogP) is 2.00. The van der Waals surface area contributed by atoms with Crippen molar-refractivity contribution >= 4 is 5.97 Å². The van der Waals surface area contributed by atoms with Crippen molar-refractivity contribution in [2.45, 2.75) is 25.5 Å². The minimum Gasteiger partial charge on any atom is -0.496 e. The van der Waals surface area contributed by atoms with Crippen LogP contribution in [0.3, 0.4) is 0 Å². The molecule has 0 bridgehead atoms. The van der Waals surface area contributed by atoms with E-state index in [-0.39, 0.29) is 11.7 Å². The molecule has 0 spiro atoms. The fourth-order valence-corrected chi connectivity index (χ4v) is 2.53. The lowest BCUT2D eigenvalue weighted by atomic mass is 10.1. The van der Waals surface area contributed by atoms with Gasteiger partial charge in [0.2, 0.25) is 0 Å². The Balaban J connectivity index is 2.05. The molecule has 0 aliphatic carbocycles. The number of benzene rings is 1. The highest BCUT2D eigenvalue weighted by molar-refractivity contribution is 5.88. The minimum atomic E-state index is -0.921. The first kappa shape index (κ1) is 14.8. The van der Waals surface area contributed by atoms with Crippen molar-refractivity contribution in [3.63, 3.8) is 0 Å². The first-order valence-corrected chi connectivity index (χ1v) is 6.80. The van der Waals surface area contributed by atoms with Crippen molar-refractivity contribution in [1.29, 1.82) is 0 Å². The maximum Gasteiger partial charge on any atom is 0.335 e. The highest BCUT2D eigenvalue weighted by Crippen LogP contribution is 2.22. The number of hydrogen-bond donors (Lipinski definition) is 1. The largest absolute Gasteiger partial charge is 0.496 e. The van der Waals surface area contributed by atoms with Gasteiger partial charge in [0, 0.05) is 25.3 Å². The lowest BCUT2D eigenvalue weighted by Gasteiger charge is -2.21. The van der Waals surface area contributed by atoms with E-state index in [0.29, 0.717) is 12.3 Å². The van der Waals surface area contributed by atoms with Crippen LogP contribution in [0.5, 0.6) is 5.75 Å². The summed E-state index contributed by atoms with van der Waals surface area (Å²) in [5, 5.41) is 9.06. The van der Waals surface area contributed by atoms with E-state index in [4.69, 9.17) is 14.6 Å². The molecular formula is C15H21NO4. The third-order valence-corrected chi connectivity index (χ3v) is 3.51. The summed E-state index contributed by atoms with van der Waals surface area (Å²) in [5.41, 5.74) is 1.17. The Hall–Kier alpha value is -1.59. The van der Waals surface area contributed by atoms with E-state index >= 15 is 0 Å². The predicted molar refractivity (Wildman–Crippen MR) is 75.3 cm³/mol. The molecule has 1 aliphatic heterocycles. The summed E-state index contributed by atoms with van der Waals surface area (Å²) in [5.74, 6) is -0.204. The third kappa shape index (κ3) is 3.71. The number of hydrogen-bond acceptors (Lipinski definition) is 4. The van der Waals surface area contributed by atoms with Gasteiger partial charge in [-0.1, -0.05) is 0 Å². The molecule has 2 rings (SSSR count). The van der Waals surface area contributed by atoms with E-state index in [1.807, 2.05) is 7.05 Å². The first-order valence-electron chi connectivity index (χ1n) is 6.80. The van der Waals surface area contributed by atoms with Crippen LogP contribution in [-0.2, 0) is 11.3 Å². The number of ether oxygens (including phenoxy) is 2. The molecule has 1 aromatic rings. The molecule has 5 heteroatoms. The summed E-state index contributed by atoms with van der Waals surface area (Å²) in [6, 6.07) is 4.94. The number of carboxylic acids is 1. The van der Waals surface area contributed by atoms with E-state index in [9.17, 15) is 4.79 Å². The van der Waals surface area contributed by atoms with E-state index < -0.39 is 5.97 Å². The SMILES string of the molecule is COc1ccc(C(=O)O)cc1CN(C)CC1CCCO1. The minimum absolute atomic E-state index is 0.284. The lowest BCUT2D eigenvalue weighted by molar-refractivity contribution is 0.0695. The number of carbonyl (C=O) groups is 1. The van der Waals surface area contributed by atoms with Crippen LogP contribution in [0.2, 0.25) is 0 Å². The van der Waals surface area contributed by atoms with E-state index in [0.717, 1.165) is 31.6 Å². The number of nitrogens with zero attached hydrogens (tertiary/aromatic N) is 1. The van der Waals surface area contributed by atoms with Gasteiger partial charge in [-0.15, -0.1) is 0 Å². The molecule has 0 amide bonds. The number of likely N-dealkylation sites (N-methyl/N-ethyl adjacent to an activating group) is 1. The Bertz CT molecular complexity index is 469. The summed E-state index contributed by atoms with van der Waals surface area (Å²) < 4.78 is 10.9. The number of aromatic carboxylic acids is 1. The van der Waals surface area contributed by atoms with Gasteiger partial charge in [0.1, 0.15) is 5.75 Å². The molecule has 0 saturated carbocycles. The van der Waals surface area contributed by atoms with Gasteiger partial charge >= 0.3 is 5.97 Å². The second kappa shape index (κ2) is 6.72. The summed E-state index contributed by atoms with van der Waals surface area (Å²) in [7, 11) is 3.61. The molecule has 20 heavy (non-hydrogen) atoms. The van der Waals surface area contributed by atoms with Crippen molar-refractivity contribution in [2.75, 3.05) is 27.3 Å². The second-order valence-electron chi connectivity index (χ2n) is 5.16. The molecule has 1 aliphatic rings. The molecule has 1 heterocycles. The zero-order valence-corrected chi connectivity index (χ0v) is 12.0. The fraction of sp³-hybridized carbons (Fsp3) is 0.533. The van der Waals surface area contributed by atoms with Crippen molar-refractivity contribution in [3.8, 4) is 5.75 Å². The average Bonchev–Trinajstić information content (AvgIpc) is 2.91. The van der Waals surface area contributed by atoms with Gasteiger partial charge in [-0.2, -0.15) is 0 Å². The maximum atomic E-state index is 11.0. The van der Waals surface area contributed by atoms with E-state index in [2.05, 4.69) is 4.90 Å². The molecule has 110 valence electrons. The summed E-state index contributed by atoms with van der Waals surface area (Å²) in [6.07, 6.45) is 2.50. The van der Waals surface area contributed by atoms with Gasteiger partial charge in [-0.25, -0.2) is 4.79 Å². The molecule has 1 fully saturated rings. The molecule has 0 aromatic heterocycles. The number of methoxy groups -OCH3 is 1. The normalized spacial score (nSPS) is 18.4. The highest BCUT2D eigenvalue weighted by Gasteiger charge is 2.18. The quantitative estimate of drug-likeness (QED) is 0.863. The Morgan fingerprint density at radius 2 is 2.35 bits per heavy atom. The van der Waals surface area contributed by atoms with Crippen LogP contribution >= 0.6 is 0 Å². The van der Waals surface area contributed by atoms with Crippen molar-refractivity contribution < 1.29 is 19.4 Å².